The Labute approximate surface area is 113 Å². The molecule has 1 aromatic carbocycles. The summed E-state index contributed by atoms with van der Waals surface area (Å²) in [5, 5.41) is 4.56. The van der Waals surface area contributed by atoms with Crippen LogP contribution in [0.4, 0.5) is 0 Å². The average Bonchev–Trinajstić information content (AvgIpc) is 2.63. The van der Waals surface area contributed by atoms with E-state index in [0.29, 0.717) is 35.4 Å². The van der Waals surface area contributed by atoms with Crippen LogP contribution in [0.15, 0.2) is 22.7 Å². The first-order valence-corrected chi connectivity index (χ1v) is 6.21. The molecular weight excluding hydrogens is 277 g/mol. The molecule has 3 rings (SSSR count). The van der Waals surface area contributed by atoms with E-state index in [1.54, 1.807) is 12.1 Å². The van der Waals surface area contributed by atoms with Crippen LogP contribution in [-0.4, -0.2) is 18.4 Å². The van der Waals surface area contributed by atoms with Gasteiger partial charge in [-0.2, -0.15) is 0 Å². The van der Waals surface area contributed by atoms with Crippen molar-refractivity contribution < 1.29 is 14.0 Å². The van der Waals surface area contributed by atoms with Crippen LogP contribution in [0.5, 0.6) is 11.5 Å². The fraction of sp³-hybridized carbons (Fsp3) is 0.250. The zero-order valence-electron chi connectivity index (χ0n) is 9.28. The van der Waals surface area contributed by atoms with Crippen molar-refractivity contribution >= 4 is 23.2 Å². The minimum atomic E-state index is 0.230. The number of hydrogen-bond acceptors (Lipinski definition) is 4. The van der Waals surface area contributed by atoms with Crippen molar-refractivity contribution in [3.63, 3.8) is 0 Å². The monoisotopic (exact) mass is 285 g/mol. The van der Waals surface area contributed by atoms with E-state index in [-0.39, 0.29) is 5.22 Å². The number of nitrogens with zero attached hydrogens (tertiary/aromatic N) is 1. The molecule has 0 saturated carbocycles. The first-order valence-electron chi connectivity index (χ1n) is 5.46. The SMILES string of the molecule is Clc1cc(-c2cc(Cl)c3c(c2)OCCCO3)no1. The van der Waals surface area contributed by atoms with Gasteiger partial charge in [-0.15, -0.1) is 0 Å². The Bertz CT molecular complexity index is 583. The van der Waals surface area contributed by atoms with E-state index < -0.39 is 0 Å². The maximum atomic E-state index is 6.18. The van der Waals surface area contributed by atoms with Crippen LogP contribution in [0.1, 0.15) is 6.42 Å². The third-order valence-corrected chi connectivity index (χ3v) is 3.04. The van der Waals surface area contributed by atoms with Crippen molar-refractivity contribution in [2.45, 2.75) is 6.42 Å². The second-order valence-corrected chi connectivity index (χ2v) is 4.63. The van der Waals surface area contributed by atoms with Gasteiger partial charge in [-0.3, -0.25) is 0 Å². The molecule has 0 aliphatic carbocycles. The minimum absolute atomic E-state index is 0.230. The van der Waals surface area contributed by atoms with Crippen LogP contribution in [0.3, 0.4) is 0 Å². The van der Waals surface area contributed by atoms with Crippen LogP contribution in [0.2, 0.25) is 10.2 Å². The van der Waals surface area contributed by atoms with E-state index in [1.807, 2.05) is 6.07 Å². The quantitative estimate of drug-likeness (QED) is 0.799. The zero-order valence-corrected chi connectivity index (χ0v) is 10.8. The summed E-state index contributed by atoms with van der Waals surface area (Å²) in [4.78, 5) is 0. The van der Waals surface area contributed by atoms with E-state index >= 15 is 0 Å². The fourth-order valence-corrected chi connectivity index (χ4v) is 2.17. The molecule has 94 valence electrons. The predicted octanol–water partition coefficient (Wildman–Crippen LogP) is 3.81. The molecule has 1 aliphatic heterocycles. The number of benzene rings is 1. The molecule has 0 saturated heterocycles. The summed E-state index contributed by atoms with van der Waals surface area (Å²) >= 11 is 11.9. The summed E-state index contributed by atoms with van der Waals surface area (Å²) < 4.78 is 16.0. The lowest BCUT2D eigenvalue weighted by Gasteiger charge is -2.10. The van der Waals surface area contributed by atoms with Gasteiger partial charge in [-0.05, 0) is 23.7 Å². The first kappa shape index (κ1) is 11.7. The molecule has 0 spiro atoms. The topological polar surface area (TPSA) is 44.5 Å². The molecule has 0 unspecified atom stereocenters. The molecule has 2 heterocycles. The lowest BCUT2D eigenvalue weighted by molar-refractivity contribution is 0.297. The fourth-order valence-electron chi connectivity index (χ4n) is 1.77. The smallest absolute Gasteiger partial charge is 0.226 e. The van der Waals surface area contributed by atoms with Crippen LogP contribution in [0, 0.1) is 0 Å². The summed E-state index contributed by atoms with van der Waals surface area (Å²) in [5.41, 5.74) is 1.39. The van der Waals surface area contributed by atoms with E-state index in [1.165, 1.54) is 0 Å². The number of aromatic nitrogens is 1. The summed E-state index contributed by atoms with van der Waals surface area (Å²) in [7, 11) is 0. The molecule has 18 heavy (non-hydrogen) atoms. The van der Waals surface area contributed by atoms with Crippen LogP contribution >= 0.6 is 23.2 Å². The number of rotatable bonds is 1. The number of fused-ring (bicyclic) bond motifs is 1. The summed E-state index contributed by atoms with van der Waals surface area (Å²) in [6, 6.07) is 5.20. The van der Waals surface area contributed by atoms with Gasteiger partial charge in [-0.1, -0.05) is 16.8 Å². The van der Waals surface area contributed by atoms with Gasteiger partial charge in [0.1, 0.15) is 5.69 Å². The molecule has 0 atom stereocenters. The third-order valence-electron chi connectivity index (χ3n) is 2.58. The minimum Gasteiger partial charge on any atom is -0.489 e. The normalized spacial score (nSPS) is 14.3. The van der Waals surface area contributed by atoms with Crippen molar-refractivity contribution in [2.75, 3.05) is 13.2 Å². The third kappa shape index (κ3) is 2.13. The number of hydrogen-bond donors (Lipinski definition) is 0. The second kappa shape index (κ2) is 4.71. The van der Waals surface area contributed by atoms with Gasteiger partial charge in [-0.25, -0.2) is 0 Å². The molecule has 0 bridgehead atoms. The Hall–Kier alpha value is -1.39. The highest BCUT2D eigenvalue weighted by molar-refractivity contribution is 6.32. The number of ether oxygens (including phenoxy) is 2. The Kier molecular flexibility index (Phi) is 3.06. The second-order valence-electron chi connectivity index (χ2n) is 3.85. The number of halogens is 2. The molecule has 0 radical (unpaired) electrons. The summed E-state index contributed by atoms with van der Waals surface area (Å²) in [5.74, 6) is 1.20. The van der Waals surface area contributed by atoms with Crippen molar-refractivity contribution in [1.29, 1.82) is 0 Å². The van der Waals surface area contributed by atoms with Crippen LogP contribution < -0.4 is 9.47 Å². The van der Waals surface area contributed by atoms with Gasteiger partial charge in [0.2, 0.25) is 5.22 Å². The highest BCUT2D eigenvalue weighted by Crippen LogP contribution is 2.40. The predicted molar refractivity (Wildman–Crippen MR) is 67.6 cm³/mol. The van der Waals surface area contributed by atoms with Gasteiger partial charge in [0.15, 0.2) is 11.5 Å². The highest BCUT2D eigenvalue weighted by atomic mass is 35.5. The molecule has 1 aliphatic rings. The Morgan fingerprint density at radius 3 is 2.67 bits per heavy atom. The van der Waals surface area contributed by atoms with E-state index in [4.69, 9.17) is 37.2 Å². The van der Waals surface area contributed by atoms with Gasteiger partial charge < -0.3 is 14.0 Å². The van der Waals surface area contributed by atoms with E-state index in [9.17, 15) is 0 Å². The molecule has 0 fully saturated rings. The van der Waals surface area contributed by atoms with E-state index in [0.717, 1.165) is 12.0 Å². The zero-order chi connectivity index (χ0) is 12.5. The van der Waals surface area contributed by atoms with Crippen LogP contribution in [-0.2, 0) is 0 Å². The molecule has 4 nitrogen and oxygen atoms in total. The van der Waals surface area contributed by atoms with E-state index in [2.05, 4.69) is 5.16 Å². The van der Waals surface area contributed by atoms with Crippen molar-refractivity contribution in [1.82, 2.24) is 5.16 Å². The van der Waals surface area contributed by atoms with Crippen molar-refractivity contribution in [3.8, 4) is 22.8 Å². The van der Waals surface area contributed by atoms with Crippen molar-refractivity contribution in [3.05, 3.63) is 28.4 Å². The molecule has 0 N–H and O–H groups in total. The van der Waals surface area contributed by atoms with Gasteiger partial charge >= 0.3 is 0 Å². The maximum Gasteiger partial charge on any atom is 0.226 e. The first-order chi connectivity index (χ1) is 8.74. The standard InChI is InChI=1S/C12H9Cl2NO3/c13-8-4-7(9-6-11(14)18-15-9)5-10-12(8)17-3-1-2-16-10/h4-6H,1-3H2. The summed E-state index contributed by atoms with van der Waals surface area (Å²) in [6.07, 6.45) is 0.829. The lowest BCUT2D eigenvalue weighted by Crippen LogP contribution is -1.97. The lowest BCUT2D eigenvalue weighted by atomic mass is 10.1. The van der Waals surface area contributed by atoms with Crippen LogP contribution in [0.25, 0.3) is 11.3 Å². The molecule has 2 aromatic rings. The van der Waals surface area contributed by atoms with Gasteiger partial charge in [0.05, 0.1) is 18.2 Å². The Morgan fingerprint density at radius 2 is 1.89 bits per heavy atom. The van der Waals surface area contributed by atoms with Gasteiger partial charge in [0, 0.05) is 18.1 Å². The average molecular weight is 286 g/mol. The van der Waals surface area contributed by atoms with Gasteiger partial charge in [0.25, 0.3) is 0 Å². The molecular formula is C12H9Cl2NO3. The largest absolute Gasteiger partial charge is 0.489 e. The molecule has 0 amide bonds. The maximum absolute atomic E-state index is 6.18. The Morgan fingerprint density at radius 1 is 1.06 bits per heavy atom. The summed E-state index contributed by atoms with van der Waals surface area (Å²) in [6.45, 7) is 1.20. The Balaban J connectivity index is 2.07. The highest BCUT2D eigenvalue weighted by Gasteiger charge is 2.17. The molecule has 1 aromatic heterocycles. The molecule has 6 heteroatoms. The van der Waals surface area contributed by atoms with Crippen molar-refractivity contribution in [2.24, 2.45) is 0 Å².